The Morgan fingerprint density at radius 2 is 2.06 bits per heavy atom. The molecule has 0 bridgehead atoms. The van der Waals surface area contributed by atoms with Crippen LogP contribution in [0.3, 0.4) is 0 Å². The zero-order valence-electron chi connectivity index (χ0n) is 10.8. The molecule has 1 aliphatic rings. The molecule has 1 saturated carbocycles. The summed E-state index contributed by atoms with van der Waals surface area (Å²) in [7, 11) is 0. The molecule has 0 aromatic heterocycles. The van der Waals surface area contributed by atoms with Crippen LogP contribution in [0.2, 0.25) is 5.02 Å². The summed E-state index contributed by atoms with van der Waals surface area (Å²) in [6.45, 7) is 2.11. The second-order valence-electron chi connectivity index (χ2n) is 5.38. The van der Waals surface area contributed by atoms with E-state index in [1.807, 2.05) is 0 Å². The molecule has 0 amide bonds. The second kappa shape index (κ2) is 5.58. The van der Waals surface area contributed by atoms with Crippen molar-refractivity contribution in [3.8, 4) is 0 Å². The van der Waals surface area contributed by atoms with Crippen LogP contribution >= 0.6 is 11.6 Å². The highest BCUT2D eigenvalue weighted by molar-refractivity contribution is 6.30. The number of hydrogen-bond acceptors (Lipinski definition) is 1. The summed E-state index contributed by atoms with van der Waals surface area (Å²) in [4.78, 5) is 0. The molecule has 0 spiro atoms. The standard InChI is InChI=1S/C15H20ClFO/c1-2-15(7-3-4-8-15)14(18)10-11-9-12(16)5-6-13(11)17/h5-6,9,14,18H,2-4,7-8,10H2,1H3. The first-order valence-corrected chi connectivity index (χ1v) is 7.07. The van der Waals surface area contributed by atoms with Crippen molar-refractivity contribution in [3.63, 3.8) is 0 Å². The molecule has 1 nitrogen and oxygen atoms in total. The minimum absolute atomic E-state index is 0.0191. The van der Waals surface area contributed by atoms with E-state index in [0.29, 0.717) is 17.0 Å². The number of halogens is 2. The SMILES string of the molecule is CCC1(C(O)Cc2cc(Cl)ccc2F)CCCC1. The molecule has 0 heterocycles. The van der Waals surface area contributed by atoms with Crippen molar-refractivity contribution in [3.05, 3.63) is 34.6 Å². The maximum absolute atomic E-state index is 13.7. The molecule has 0 radical (unpaired) electrons. The number of benzene rings is 1. The molecule has 1 aromatic rings. The van der Waals surface area contributed by atoms with Crippen LogP contribution in [0.1, 0.15) is 44.6 Å². The molecule has 0 saturated heterocycles. The monoisotopic (exact) mass is 270 g/mol. The zero-order chi connectivity index (χ0) is 13.2. The lowest BCUT2D eigenvalue weighted by molar-refractivity contribution is 0.0251. The van der Waals surface area contributed by atoms with Crippen molar-refractivity contribution in [1.82, 2.24) is 0 Å². The molecule has 18 heavy (non-hydrogen) atoms. The first-order valence-electron chi connectivity index (χ1n) is 6.69. The van der Waals surface area contributed by atoms with Crippen LogP contribution in [-0.4, -0.2) is 11.2 Å². The average Bonchev–Trinajstić information content (AvgIpc) is 2.84. The highest BCUT2D eigenvalue weighted by atomic mass is 35.5. The van der Waals surface area contributed by atoms with Gasteiger partial charge in [-0.05, 0) is 48.4 Å². The van der Waals surface area contributed by atoms with Crippen LogP contribution in [-0.2, 0) is 6.42 Å². The van der Waals surface area contributed by atoms with Gasteiger partial charge in [0.25, 0.3) is 0 Å². The van der Waals surface area contributed by atoms with Crippen molar-refractivity contribution in [2.24, 2.45) is 5.41 Å². The van der Waals surface area contributed by atoms with Gasteiger partial charge in [0, 0.05) is 11.4 Å². The maximum atomic E-state index is 13.7. The van der Waals surface area contributed by atoms with Crippen molar-refractivity contribution in [2.45, 2.75) is 51.6 Å². The summed E-state index contributed by atoms with van der Waals surface area (Å²) in [6, 6.07) is 4.54. The Bertz CT molecular complexity index is 413. The summed E-state index contributed by atoms with van der Waals surface area (Å²) in [5.74, 6) is -0.275. The van der Waals surface area contributed by atoms with Gasteiger partial charge in [-0.15, -0.1) is 0 Å². The lowest BCUT2D eigenvalue weighted by Crippen LogP contribution is -2.34. The first kappa shape index (κ1) is 13.8. The van der Waals surface area contributed by atoms with E-state index in [9.17, 15) is 9.50 Å². The molecule has 1 atom stereocenters. The molecule has 1 fully saturated rings. The number of hydrogen-bond donors (Lipinski definition) is 1. The fourth-order valence-electron chi connectivity index (χ4n) is 3.13. The summed E-state index contributed by atoms with van der Waals surface area (Å²) in [5.41, 5.74) is 0.504. The lowest BCUT2D eigenvalue weighted by Gasteiger charge is -2.33. The van der Waals surface area contributed by atoms with Gasteiger partial charge < -0.3 is 5.11 Å². The predicted octanol–water partition coefficient (Wildman–Crippen LogP) is 4.35. The van der Waals surface area contributed by atoms with Gasteiger partial charge in [-0.1, -0.05) is 31.4 Å². The average molecular weight is 271 g/mol. The fourth-order valence-corrected chi connectivity index (χ4v) is 3.32. The number of aliphatic hydroxyl groups excluding tert-OH is 1. The number of aliphatic hydroxyl groups is 1. The minimum Gasteiger partial charge on any atom is -0.392 e. The van der Waals surface area contributed by atoms with Gasteiger partial charge >= 0.3 is 0 Å². The molecule has 100 valence electrons. The Balaban J connectivity index is 2.15. The van der Waals surface area contributed by atoms with E-state index in [1.165, 1.54) is 25.0 Å². The lowest BCUT2D eigenvalue weighted by atomic mass is 9.76. The highest BCUT2D eigenvalue weighted by Crippen LogP contribution is 2.44. The molecule has 1 N–H and O–H groups in total. The Morgan fingerprint density at radius 1 is 1.39 bits per heavy atom. The van der Waals surface area contributed by atoms with E-state index in [1.54, 1.807) is 6.07 Å². The van der Waals surface area contributed by atoms with Gasteiger partial charge in [0.2, 0.25) is 0 Å². The Labute approximate surface area is 113 Å². The predicted molar refractivity (Wildman–Crippen MR) is 72.3 cm³/mol. The smallest absolute Gasteiger partial charge is 0.126 e. The Morgan fingerprint density at radius 3 is 2.67 bits per heavy atom. The fraction of sp³-hybridized carbons (Fsp3) is 0.600. The minimum atomic E-state index is -0.474. The molecular formula is C15H20ClFO. The van der Waals surface area contributed by atoms with Crippen molar-refractivity contribution >= 4 is 11.6 Å². The third-order valence-corrected chi connectivity index (χ3v) is 4.67. The summed E-state index contributed by atoms with van der Waals surface area (Å²) in [6.07, 6.45) is 5.28. The maximum Gasteiger partial charge on any atom is 0.126 e. The molecule has 3 heteroatoms. The summed E-state index contributed by atoms with van der Waals surface area (Å²) in [5, 5.41) is 11.0. The van der Waals surface area contributed by atoms with Gasteiger partial charge in [0.05, 0.1) is 6.10 Å². The molecule has 0 aliphatic heterocycles. The van der Waals surface area contributed by atoms with E-state index in [4.69, 9.17) is 11.6 Å². The van der Waals surface area contributed by atoms with E-state index in [2.05, 4.69) is 6.92 Å². The largest absolute Gasteiger partial charge is 0.392 e. The van der Waals surface area contributed by atoms with Gasteiger partial charge in [0.1, 0.15) is 5.82 Å². The topological polar surface area (TPSA) is 20.2 Å². The van der Waals surface area contributed by atoms with Crippen LogP contribution < -0.4 is 0 Å². The van der Waals surface area contributed by atoms with Gasteiger partial charge in [-0.3, -0.25) is 0 Å². The van der Waals surface area contributed by atoms with Crippen LogP contribution in [0, 0.1) is 11.2 Å². The summed E-state index contributed by atoms with van der Waals surface area (Å²) >= 11 is 5.88. The van der Waals surface area contributed by atoms with Crippen LogP contribution in [0.15, 0.2) is 18.2 Å². The van der Waals surface area contributed by atoms with E-state index >= 15 is 0 Å². The molecular weight excluding hydrogens is 251 g/mol. The van der Waals surface area contributed by atoms with Crippen molar-refractivity contribution in [1.29, 1.82) is 0 Å². The Kier molecular flexibility index (Phi) is 4.29. The normalized spacial score (nSPS) is 20.0. The van der Waals surface area contributed by atoms with Crippen LogP contribution in [0.4, 0.5) is 4.39 Å². The molecule has 1 aromatic carbocycles. The molecule has 1 aliphatic carbocycles. The second-order valence-corrected chi connectivity index (χ2v) is 5.82. The third kappa shape index (κ3) is 2.70. The van der Waals surface area contributed by atoms with Crippen LogP contribution in [0.25, 0.3) is 0 Å². The van der Waals surface area contributed by atoms with Gasteiger partial charge in [0.15, 0.2) is 0 Å². The quantitative estimate of drug-likeness (QED) is 0.862. The van der Waals surface area contributed by atoms with Crippen LogP contribution in [0.5, 0.6) is 0 Å². The summed E-state index contributed by atoms with van der Waals surface area (Å²) < 4.78 is 13.7. The zero-order valence-corrected chi connectivity index (χ0v) is 11.5. The van der Waals surface area contributed by atoms with E-state index in [-0.39, 0.29) is 11.2 Å². The third-order valence-electron chi connectivity index (χ3n) is 4.43. The highest BCUT2D eigenvalue weighted by Gasteiger charge is 2.38. The van der Waals surface area contributed by atoms with Gasteiger partial charge in [-0.2, -0.15) is 0 Å². The molecule has 2 rings (SSSR count). The van der Waals surface area contributed by atoms with Crippen molar-refractivity contribution < 1.29 is 9.50 Å². The van der Waals surface area contributed by atoms with E-state index < -0.39 is 6.10 Å². The van der Waals surface area contributed by atoms with Gasteiger partial charge in [-0.25, -0.2) is 4.39 Å². The Hall–Kier alpha value is -0.600. The van der Waals surface area contributed by atoms with Crippen molar-refractivity contribution in [2.75, 3.05) is 0 Å². The van der Waals surface area contributed by atoms with E-state index in [0.717, 1.165) is 19.3 Å². The molecule has 1 unspecified atom stereocenters. The first-order chi connectivity index (χ1) is 8.57. The number of rotatable bonds is 4.